The minimum absolute atomic E-state index is 0.0466. The van der Waals surface area contributed by atoms with E-state index in [1.807, 2.05) is 60.7 Å². The van der Waals surface area contributed by atoms with Crippen molar-refractivity contribution in [3.05, 3.63) is 95.0 Å². The molecule has 1 atom stereocenters. The minimum atomic E-state index is -5.05. The lowest BCUT2D eigenvalue weighted by Crippen LogP contribution is -2.66. The van der Waals surface area contributed by atoms with Crippen LogP contribution in [0.5, 0.6) is 11.5 Å². The van der Waals surface area contributed by atoms with Crippen molar-refractivity contribution in [3.8, 4) is 11.5 Å². The van der Waals surface area contributed by atoms with E-state index in [-0.39, 0.29) is 29.0 Å². The van der Waals surface area contributed by atoms with Gasteiger partial charge in [-0.05, 0) is 29.7 Å². The van der Waals surface area contributed by atoms with Gasteiger partial charge in [-0.15, -0.1) is 0 Å². The third kappa shape index (κ3) is 5.01. The van der Waals surface area contributed by atoms with Gasteiger partial charge in [-0.1, -0.05) is 72.3 Å². The predicted octanol–water partition coefficient (Wildman–Crippen LogP) is 5.85. The fraction of sp³-hybridized carbons (Fsp3) is 0.208. The predicted molar refractivity (Wildman–Crippen MR) is 117 cm³/mol. The van der Waals surface area contributed by atoms with Crippen molar-refractivity contribution in [2.45, 2.75) is 24.4 Å². The molecular weight excluding hydrogens is 457 g/mol. The van der Waals surface area contributed by atoms with Crippen molar-refractivity contribution >= 4 is 17.6 Å². The van der Waals surface area contributed by atoms with E-state index in [2.05, 4.69) is 5.32 Å². The third-order valence-electron chi connectivity index (χ3n) is 5.19. The molecule has 0 radical (unpaired) electrons. The van der Waals surface area contributed by atoms with E-state index in [1.165, 1.54) is 18.2 Å². The molecule has 3 aromatic rings. The number of carbonyl (C=O) groups is 1. The summed E-state index contributed by atoms with van der Waals surface area (Å²) >= 11 is 5.82. The van der Waals surface area contributed by atoms with Crippen LogP contribution in [0.2, 0.25) is 5.02 Å². The highest BCUT2D eigenvalue weighted by Crippen LogP contribution is 2.46. The normalized spacial score (nSPS) is 17.1. The third-order valence-corrected chi connectivity index (χ3v) is 5.42. The van der Waals surface area contributed by atoms with Gasteiger partial charge < -0.3 is 14.8 Å². The standard InChI is InChI=1S/C24H20ClF3N2O3/c25-18-11-12-20-21(15-18)33-24(32-20,23(26,27)28)30-22(31)29-14-13-19(16-7-3-1-4-8-16)17-9-5-2-6-10-17/h1-12,15,19H,13-14H2,(H2,29,30,31). The zero-order valence-corrected chi connectivity index (χ0v) is 18.0. The Hall–Kier alpha value is -3.39. The monoisotopic (exact) mass is 476 g/mol. The lowest BCUT2D eigenvalue weighted by Gasteiger charge is -2.29. The number of halogens is 4. The maximum absolute atomic E-state index is 13.8. The SMILES string of the molecule is O=C(NCCC(c1ccccc1)c1ccccc1)NC1(C(F)(F)F)Oc2ccc(Cl)cc2O1. The summed E-state index contributed by atoms with van der Waals surface area (Å²) in [6.07, 6.45) is -4.58. The number of hydrogen-bond donors (Lipinski definition) is 2. The van der Waals surface area contributed by atoms with E-state index in [0.717, 1.165) is 11.1 Å². The number of rotatable bonds is 6. The Bertz CT molecular complexity index is 1070. The van der Waals surface area contributed by atoms with E-state index < -0.39 is 18.1 Å². The fourth-order valence-corrected chi connectivity index (χ4v) is 3.80. The lowest BCUT2D eigenvalue weighted by atomic mass is 9.88. The number of carbonyl (C=O) groups excluding carboxylic acids is 1. The van der Waals surface area contributed by atoms with Gasteiger partial charge in [0.2, 0.25) is 0 Å². The molecule has 0 fully saturated rings. The summed E-state index contributed by atoms with van der Waals surface area (Å²) in [6, 6.07) is 22.1. The minimum Gasteiger partial charge on any atom is -0.424 e. The fourth-order valence-electron chi connectivity index (χ4n) is 3.63. The Labute approximate surface area is 193 Å². The Morgan fingerprint density at radius 1 is 0.909 bits per heavy atom. The van der Waals surface area contributed by atoms with Crippen LogP contribution >= 0.6 is 11.6 Å². The van der Waals surface area contributed by atoms with E-state index in [1.54, 1.807) is 5.32 Å². The number of urea groups is 1. The first-order valence-corrected chi connectivity index (χ1v) is 10.6. The number of benzene rings is 3. The Morgan fingerprint density at radius 2 is 1.48 bits per heavy atom. The molecule has 1 aliphatic heterocycles. The first-order valence-electron chi connectivity index (χ1n) is 10.2. The van der Waals surface area contributed by atoms with Crippen LogP contribution in [-0.2, 0) is 0 Å². The topological polar surface area (TPSA) is 59.6 Å². The highest BCUT2D eigenvalue weighted by Gasteiger charge is 2.65. The Morgan fingerprint density at radius 3 is 2.06 bits per heavy atom. The van der Waals surface area contributed by atoms with E-state index in [4.69, 9.17) is 21.1 Å². The molecule has 9 heteroatoms. The van der Waals surface area contributed by atoms with Crippen LogP contribution < -0.4 is 20.1 Å². The number of alkyl halides is 3. The summed E-state index contributed by atoms with van der Waals surface area (Å²) in [5.74, 6) is -3.78. The molecule has 0 aliphatic carbocycles. The zero-order chi connectivity index (χ0) is 23.5. The largest absolute Gasteiger partial charge is 0.492 e. The summed E-state index contributed by atoms with van der Waals surface area (Å²) in [4.78, 5) is 12.4. The molecule has 1 heterocycles. The number of fused-ring (bicyclic) bond motifs is 1. The van der Waals surface area contributed by atoms with Gasteiger partial charge in [-0.3, -0.25) is 5.32 Å². The van der Waals surface area contributed by atoms with Crippen LogP contribution in [0.15, 0.2) is 78.9 Å². The van der Waals surface area contributed by atoms with Crippen molar-refractivity contribution in [3.63, 3.8) is 0 Å². The van der Waals surface area contributed by atoms with Crippen LogP contribution in [0, 0.1) is 0 Å². The van der Waals surface area contributed by atoms with Gasteiger partial charge in [0.25, 0.3) is 0 Å². The maximum atomic E-state index is 13.8. The summed E-state index contributed by atoms with van der Waals surface area (Å²) in [7, 11) is 0. The molecule has 0 aromatic heterocycles. The van der Waals surface area contributed by atoms with Gasteiger partial charge in [-0.25, -0.2) is 4.79 Å². The van der Waals surface area contributed by atoms with Gasteiger partial charge in [0.05, 0.1) is 0 Å². The molecule has 4 rings (SSSR count). The first kappa shape index (κ1) is 22.8. The van der Waals surface area contributed by atoms with Crippen LogP contribution in [0.4, 0.5) is 18.0 Å². The number of hydrogen-bond acceptors (Lipinski definition) is 3. The number of ether oxygens (including phenoxy) is 2. The molecule has 2 N–H and O–H groups in total. The van der Waals surface area contributed by atoms with Crippen molar-refractivity contribution in [1.29, 1.82) is 0 Å². The van der Waals surface area contributed by atoms with Gasteiger partial charge in [0.15, 0.2) is 11.5 Å². The number of nitrogens with one attached hydrogen (secondary N) is 2. The average molecular weight is 477 g/mol. The van der Waals surface area contributed by atoms with Crippen molar-refractivity contribution in [2.75, 3.05) is 6.54 Å². The average Bonchev–Trinajstić information content (AvgIpc) is 3.16. The molecule has 2 amide bonds. The van der Waals surface area contributed by atoms with Crippen LogP contribution in [-0.4, -0.2) is 24.7 Å². The summed E-state index contributed by atoms with van der Waals surface area (Å²) in [6.45, 7) is 0.118. The molecule has 0 bridgehead atoms. The van der Waals surface area contributed by atoms with E-state index in [9.17, 15) is 18.0 Å². The summed E-state index contributed by atoms with van der Waals surface area (Å²) < 4.78 is 51.4. The Balaban J connectivity index is 1.43. The molecule has 0 saturated heterocycles. The van der Waals surface area contributed by atoms with E-state index >= 15 is 0 Å². The smallest absolute Gasteiger partial charge is 0.424 e. The molecule has 1 unspecified atom stereocenters. The van der Waals surface area contributed by atoms with Crippen LogP contribution in [0.25, 0.3) is 0 Å². The zero-order valence-electron chi connectivity index (χ0n) is 17.2. The quantitative estimate of drug-likeness (QED) is 0.469. The molecule has 0 spiro atoms. The maximum Gasteiger partial charge on any atom is 0.492 e. The van der Waals surface area contributed by atoms with Crippen molar-refractivity contribution in [2.24, 2.45) is 0 Å². The molecular formula is C24H20ClF3N2O3. The molecule has 1 aliphatic rings. The number of amides is 2. The lowest BCUT2D eigenvalue weighted by molar-refractivity contribution is -0.317. The van der Waals surface area contributed by atoms with Gasteiger partial charge in [0.1, 0.15) is 0 Å². The van der Waals surface area contributed by atoms with E-state index in [0.29, 0.717) is 6.42 Å². The van der Waals surface area contributed by atoms with Gasteiger partial charge in [0, 0.05) is 23.6 Å². The highest BCUT2D eigenvalue weighted by atomic mass is 35.5. The summed E-state index contributed by atoms with van der Waals surface area (Å²) in [5, 5.41) is 4.44. The second kappa shape index (κ2) is 9.23. The molecule has 33 heavy (non-hydrogen) atoms. The van der Waals surface area contributed by atoms with Crippen molar-refractivity contribution < 1.29 is 27.4 Å². The second-order valence-electron chi connectivity index (χ2n) is 7.45. The van der Waals surface area contributed by atoms with Gasteiger partial charge >= 0.3 is 18.1 Å². The van der Waals surface area contributed by atoms with Crippen LogP contribution in [0.1, 0.15) is 23.5 Å². The highest BCUT2D eigenvalue weighted by molar-refractivity contribution is 6.30. The first-order chi connectivity index (χ1) is 15.8. The Kier molecular flexibility index (Phi) is 6.37. The molecule has 5 nitrogen and oxygen atoms in total. The molecule has 3 aromatic carbocycles. The van der Waals surface area contributed by atoms with Crippen LogP contribution in [0.3, 0.4) is 0 Å². The van der Waals surface area contributed by atoms with Gasteiger partial charge in [-0.2, -0.15) is 13.2 Å². The molecule has 0 saturated carbocycles. The van der Waals surface area contributed by atoms with Crippen molar-refractivity contribution in [1.82, 2.24) is 10.6 Å². The summed E-state index contributed by atoms with van der Waals surface area (Å²) in [5.41, 5.74) is 2.07. The second-order valence-corrected chi connectivity index (χ2v) is 7.89. The molecule has 172 valence electrons.